The number of benzene rings is 4. The molecule has 0 aliphatic rings. The molecule has 0 radical (unpaired) electrons. The Bertz CT molecular complexity index is 1320. The molecule has 1 heterocycles. The van der Waals surface area contributed by atoms with Crippen molar-refractivity contribution in [2.45, 2.75) is 0 Å². The summed E-state index contributed by atoms with van der Waals surface area (Å²) in [5, 5.41) is 14.0. The van der Waals surface area contributed by atoms with Crippen molar-refractivity contribution in [3.05, 3.63) is 115 Å². The predicted octanol–water partition coefficient (Wildman–Crippen LogP) is 6.14. The zero-order valence-corrected chi connectivity index (χ0v) is 16.7. The monoisotopic (exact) mass is 398 g/mol. The number of aromatic nitrogens is 3. The lowest BCUT2D eigenvalue weighted by Gasteiger charge is -2.17. The van der Waals surface area contributed by atoms with Gasteiger partial charge in [-0.1, -0.05) is 91.0 Å². The molecule has 5 rings (SSSR count). The summed E-state index contributed by atoms with van der Waals surface area (Å²) in [6, 6.07) is 36.5. The van der Waals surface area contributed by atoms with Crippen LogP contribution < -0.4 is 0 Å². The standard InChI is InChI=1S/C27H18N4/c28-18-20-9-7-14-23(17-20)27-29-19-30-31(27)26-24(21-10-3-1-4-11-21)15-8-16-25(26)22-12-5-2-6-13-22/h1-17,19H. The van der Waals surface area contributed by atoms with Gasteiger partial charge < -0.3 is 0 Å². The second kappa shape index (κ2) is 8.10. The second-order valence-corrected chi connectivity index (χ2v) is 7.12. The Morgan fingerprint density at radius 2 is 1.23 bits per heavy atom. The molecule has 0 bridgehead atoms. The summed E-state index contributed by atoms with van der Waals surface area (Å²) < 4.78 is 1.88. The molecule has 1 aromatic heterocycles. The van der Waals surface area contributed by atoms with E-state index in [0.29, 0.717) is 11.4 Å². The van der Waals surface area contributed by atoms with Gasteiger partial charge in [0.05, 0.1) is 17.3 Å². The third-order valence-corrected chi connectivity index (χ3v) is 5.22. The fraction of sp³-hybridized carbons (Fsp3) is 0. The van der Waals surface area contributed by atoms with Crippen LogP contribution >= 0.6 is 0 Å². The molecule has 0 fully saturated rings. The molecule has 0 aliphatic carbocycles. The molecule has 0 spiro atoms. The molecule has 0 N–H and O–H groups in total. The van der Waals surface area contributed by atoms with Gasteiger partial charge in [0.15, 0.2) is 5.82 Å². The van der Waals surface area contributed by atoms with E-state index in [4.69, 9.17) is 0 Å². The number of nitriles is 1. The fourth-order valence-electron chi connectivity index (χ4n) is 3.80. The van der Waals surface area contributed by atoms with E-state index < -0.39 is 0 Å². The first-order valence-corrected chi connectivity index (χ1v) is 10.00. The summed E-state index contributed by atoms with van der Waals surface area (Å²) in [5.41, 5.74) is 6.71. The van der Waals surface area contributed by atoms with Crippen molar-refractivity contribution in [1.82, 2.24) is 14.8 Å². The quantitative estimate of drug-likeness (QED) is 0.365. The molecule has 0 atom stereocenters. The molecule has 0 unspecified atom stereocenters. The first-order chi connectivity index (χ1) is 15.3. The summed E-state index contributed by atoms with van der Waals surface area (Å²) in [4.78, 5) is 4.55. The van der Waals surface area contributed by atoms with Crippen molar-refractivity contribution in [1.29, 1.82) is 5.26 Å². The van der Waals surface area contributed by atoms with Crippen molar-refractivity contribution in [3.63, 3.8) is 0 Å². The van der Waals surface area contributed by atoms with E-state index in [1.165, 1.54) is 0 Å². The number of rotatable bonds is 4. The molecule has 4 nitrogen and oxygen atoms in total. The third kappa shape index (κ3) is 3.50. The molecule has 146 valence electrons. The topological polar surface area (TPSA) is 54.5 Å². The molecule has 0 amide bonds. The maximum Gasteiger partial charge on any atom is 0.163 e. The average Bonchev–Trinajstić information content (AvgIpc) is 3.34. The average molecular weight is 398 g/mol. The lowest BCUT2D eigenvalue weighted by Crippen LogP contribution is -2.04. The van der Waals surface area contributed by atoms with Crippen LogP contribution in [-0.4, -0.2) is 14.8 Å². The van der Waals surface area contributed by atoms with E-state index >= 15 is 0 Å². The van der Waals surface area contributed by atoms with Crippen LogP contribution in [0.3, 0.4) is 0 Å². The van der Waals surface area contributed by atoms with Crippen molar-refractivity contribution in [2.75, 3.05) is 0 Å². The Labute approximate surface area is 180 Å². The van der Waals surface area contributed by atoms with Gasteiger partial charge in [0.1, 0.15) is 6.33 Å². The van der Waals surface area contributed by atoms with Crippen LogP contribution in [0, 0.1) is 11.3 Å². The highest BCUT2D eigenvalue weighted by molar-refractivity contribution is 5.86. The smallest absolute Gasteiger partial charge is 0.163 e. The predicted molar refractivity (Wildman–Crippen MR) is 122 cm³/mol. The fourth-order valence-corrected chi connectivity index (χ4v) is 3.80. The number of nitrogens with zero attached hydrogens (tertiary/aromatic N) is 4. The lowest BCUT2D eigenvalue weighted by molar-refractivity contribution is 0.890. The van der Waals surface area contributed by atoms with E-state index in [0.717, 1.165) is 33.5 Å². The van der Waals surface area contributed by atoms with Crippen LogP contribution in [0.5, 0.6) is 0 Å². The third-order valence-electron chi connectivity index (χ3n) is 5.22. The minimum absolute atomic E-state index is 0.590. The van der Waals surface area contributed by atoms with Gasteiger partial charge in [-0.05, 0) is 23.3 Å². The van der Waals surface area contributed by atoms with Gasteiger partial charge in [-0.15, -0.1) is 0 Å². The van der Waals surface area contributed by atoms with Crippen LogP contribution in [0.1, 0.15) is 5.56 Å². The highest BCUT2D eigenvalue weighted by atomic mass is 15.3. The molecule has 4 heteroatoms. The first kappa shape index (κ1) is 18.5. The van der Waals surface area contributed by atoms with Gasteiger partial charge in [0, 0.05) is 16.7 Å². The molecule has 0 saturated carbocycles. The molecule has 0 aliphatic heterocycles. The largest absolute Gasteiger partial charge is 0.215 e. The summed E-state index contributed by atoms with van der Waals surface area (Å²) in [5.74, 6) is 0.692. The van der Waals surface area contributed by atoms with Crippen molar-refractivity contribution in [2.24, 2.45) is 0 Å². The minimum Gasteiger partial charge on any atom is -0.215 e. The lowest BCUT2D eigenvalue weighted by atomic mass is 9.95. The van der Waals surface area contributed by atoms with Crippen LogP contribution in [0.4, 0.5) is 0 Å². The Balaban J connectivity index is 1.80. The first-order valence-electron chi connectivity index (χ1n) is 10.00. The number of hydrogen-bond donors (Lipinski definition) is 0. The van der Waals surface area contributed by atoms with Crippen LogP contribution in [0.25, 0.3) is 39.3 Å². The Kier molecular flexibility index (Phi) is 4.84. The molecule has 0 saturated heterocycles. The van der Waals surface area contributed by atoms with Crippen molar-refractivity contribution < 1.29 is 0 Å². The van der Waals surface area contributed by atoms with Gasteiger partial charge in [0.2, 0.25) is 0 Å². The van der Waals surface area contributed by atoms with E-state index in [9.17, 15) is 5.26 Å². The summed E-state index contributed by atoms with van der Waals surface area (Å²) in [6.07, 6.45) is 1.56. The summed E-state index contributed by atoms with van der Waals surface area (Å²) >= 11 is 0. The van der Waals surface area contributed by atoms with Gasteiger partial charge in [-0.3, -0.25) is 0 Å². The maximum absolute atomic E-state index is 9.34. The van der Waals surface area contributed by atoms with Crippen LogP contribution in [0.15, 0.2) is 109 Å². The molecular formula is C27H18N4. The summed E-state index contributed by atoms with van der Waals surface area (Å²) in [6.45, 7) is 0. The Hall–Kier alpha value is -4.49. The van der Waals surface area contributed by atoms with Gasteiger partial charge >= 0.3 is 0 Å². The zero-order chi connectivity index (χ0) is 21.0. The van der Waals surface area contributed by atoms with Crippen molar-refractivity contribution in [3.8, 4) is 45.4 Å². The van der Waals surface area contributed by atoms with Gasteiger partial charge in [0.25, 0.3) is 0 Å². The van der Waals surface area contributed by atoms with Crippen molar-refractivity contribution >= 4 is 0 Å². The van der Waals surface area contributed by atoms with E-state index in [2.05, 4.69) is 58.6 Å². The van der Waals surface area contributed by atoms with E-state index in [1.807, 2.05) is 59.3 Å². The van der Waals surface area contributed by atoms with Gasteiger partial charge in [-0.2, -0.15) is 10.4 Å². The highest BCUT2D eigenvalue weighted by Crippen LogP contribution is 2.37. The van der Waals surface area contributed by atoms with E-state index in [-0.39, 0.29) is 0 Å². The highest BCUT2D eigenvalue weighted by Gasteiger charge is 2.18. The number of para-hydroxylation sites is 1. The van der Waals surface area contributed by atoms with E-state index in [1.54, 1.807) is 12.4 Å². The molecular weight excluding hydrogens is 380 g/mol. The number of hydrogen-bond acceptors (Lipinski definition) is 3. The minimum atomic E-state index is 0.590. The normalized spacial score (nSPS) is 10.5. The second-order valence-electron chi connectivity index (χ2n) is 7.12. The molecule has 5 aromatic rings. The molecule has 4 aromatic carbocycles. The SMILES string of the molecule is N#Cc1cccc(-c2ncnn2-c2c(-c3ccccc3)cccc2-c2ccccc2)c1. The zero-order valence-electron chi connectivity index (χ0n) is 16.7. The maximum atomic E-state index is 9.34. The van der Waals surface area contributed by atoms with Gasteiger partial charge in [-0.25, -0.2) is 9.67 Å². The Morgan fingerprint density at radius 3 is 1.84 bits per heavy atom. The Morgan fingerprint density at radius 1 is 0.645 bits per heavy atom. The van der Waals surface area contributed by atoms with Crippen LogP contribution in [-0.2, 0) is 0 Å². The molecule has 31 heavy (non-hydrogen) atoms. The van der Waals surface area contributed by atoms with Crippen LogP contribution in [0.2, 0.25) is 0 Å². The summed E-state index contributed by atoms with van der Waals surface area (Å²) in [7, 11) is 0.